The van der Waals surface area contributed by atoms with E-state index >= 15 is 0 Å². The van der Waals surface area contributed by atoms with E-state index in [1.165, 1.54) is 0 Å². The first-order valence-corrected chi connectivity index (χ1v) is 7.75. The highest BCUT2D eigenvalue weighted by molar-refractivity contribution is 5.95. The fourth-order valence-corrected chi connectivity index (χ4v) is 2.40. The van der Waals surface area contributed by atoms with Crippen molar-refractivity contribution in [2.24, 2.45) is 7.05 Å². The summed E-state index contributed by atoms with van der Waals surface area (Å²) in [6.45, 7) is 4.18. The van der Waals surface area contributed by atoms with Gasteiger partial charge in [-0.3, -0.25) is 0 Å². The molecular weight excluding hydrogens is 308 g/mol. The number of carbonyl (C=O) groups excluding carboxylic acids is 1. The molecule has 0 fully saturated rings. The Kier molecular flexibility index (Phi) is 4.41. The zero-order chi connectivity index (χ0) is 17.1. The number of nitrogens with zero attached hydrogens (tertiary/aromatic N) is 4. The summed E-state index contributed by atoms with van der Waals surface area (Å²) in [7, 11) is 1.78. The lowest BCUT2D eigenvalue weighted by molar-refractivity contribution is 0.0514. The van der Waals surface area contributed by atoms with Gasteiger partial charge in [-0.25, -0.2) is 14.5 Å². The van der Waals surface area contributed by atoms with Gasteiger partial charge in [-0.15, -0.1) is 0 Å². The second kappa shape index (κ2) is 6.66. The third-order valence-corrected chi connectivity index (χ3v) is 3.42. The van der Waals surface area contributed by atoms with E-state index in [0.29, 0.717) is 23.5 Å². The van der Waals surface area contributed by atoms with Crippen LogP contribution in [0, 0.1) is 0 Å². The van der Waals surface area contributed by atoms with Crippen LogP contribution in [0.2, 0.25) is 0 Å². The quantitative estimate of drug-likeness (QED) is 0.671. The number of aryl methyl sites for hydroxylation is 1. The van der Waals surface area contributed by atoms with E-state index in [9.17, 15) is 4.79 Å². The Morgan fingerprint density at radius 2 is 1.88 bits per heavy atom. The third kappa shape index (κ3) is 2.80. The SMILES string of the molecule is CCOC(=O)c1nc2c(-c3ccccc3)nn(C)c2nc1OCC. The standard InChI is InChI=1S/C17H18N4O3/c1-4-23-16-14(17(22)24-5-2)18-13-12(11-9-7-6-8-10-11)20-21(3)15(13)19-16/h6-10H,4-5H2,1-3H3. The van der Waals surface area contributed by atoms with Crippen LogP contribution in [0.1, 0.15) is 24.3 Å². The highest BCUT2D eigenvalue weighted by atomic mass is 16.5. The summed E-state index contributed by atoms with van der Waals surface area (Å²) in [5, 5.41) is 4.49. The number of benzene rings is 1. The molecule has 0 spiro atoms. The van der Waals surface area contributed by atoms with Gasteiger partial charge in [0, 0.05) is 12.6 Å². The summed E-state index contributed by atoms with van der Waals surface area (Å²) in [6, 6.07) is 9.64. The number of aromatic nitrogens is 4. The lowest BCUT2D eigenvalue weighted by Crippen LogP contribution is -2.12. The van der Waals surface area contributed by atoms with Crippen molar-refractivity contribution in [1.29, 1.82) is 0 Å². The monoisotopic (exact) mass is 326 g/mol. The lowest BCUT2D eigenvalue weighted by Gasteiger charge is -2.08. The Labute approximate surface area is 139 Å². The molecule has 3 rings (SSSR count). The molecule has 2 aromatic heterocycles. The second-order valence-corrected chi connectivity index (χ2v) is 5.04. The van der Waals surface area contributed by atoms with Crippen molar-refractivity contribution in [2.75, 3.05) is 13.2 Å². The molecular formula is C17H18N4O3. The van der Waals surface area contributed by atoms with Gasteiger partial charge in [0.1, 0.15) is 11.2 Å². The first kappa shape index (κ1) is 15.9. The molecule has 0 aliphatic heterocycles. The predicted molar refractivity (Wildman–Crippen MR) is 88.9 cm³/mol. The highest BCUT2D eigenvalue weighted by Gasteiger charge is 2.23. The first-order valence-electron chi connectivity index (χ1n) is 7.75. The smallest absolute Gasteiger partial charge is 0.362 e. The van der Waals surface area contributed by atoms with E-state index in [1.54, 1.807) is 18.7 Å². The summed E-state index contributed by atoms with van der Waals surface area (Å²) < 4.78 is 12.2. The predicted octanol–water partition coefficient (Wildman–Crippen LogP) is 2.61. The zero-order valence-corrected chi connectivity index (χ0v) is 13.8. The molecule has 7 heteroatoms. The summed E-state index contributed by atoms with van der Waals surface area (Å²) in [5.41, 5.74) is 2.71. The summed E-state index contributed by atoms with van der Waals surface area (Å²) >= 11 is 0. The number of ether oxygens (including phenoxy) is 2. The van der Waals surface area contributed by atoms with Crippen LogP contribution in [0.3, 0.4) is 0 Å². The largest absolute Gasteiger partial charge is 0.476 e. The lowest BCUT2D eigenvalue weighted by atomic mass is 10.1. The molecule has 0 aliphatic carbocycles. The molecule has 3 aromatic rings. The summed E-state index contributed by atoms with van der Waals surface area (Å²) in [6.07, 6.45) is 0. The molecule has 0 amide bonds. The van der Waals surface area contributed by atoms with Crippen molar-refractivity contribution >= 4 is 17.1 Å². The van der Waals surface area contributed by atoms with Crippen LogP contribution in [-0.4, -0.2) is 38.9 Å². The molecule has 0 bridgehead atoms. The minimum Gasteiger partial charge on any atom is -0.476 e. The van der Waals surface area contributed by atoms with Gasteiger partial charge >= 0.3 is 5.97 Å². The minimum absolute atomic E-state index is 0.0661. The van der Waals surface area contributed by atoms with Crippen molar-refractivity contribution in [2.45, 2.75) is 13.8 Å². The molecule has 2 heterocycles. The van der Waals surface area contributed by atoms with Crippen molar-refractivity contribution in [3.63, 3.8) is 0 Å². The molecule has 0 aliphatic rings. The van der Waals surface area contributed by atoms with Gasteiger partial charge in [-0.1, -0.05) is 30.3 Å². The number of esters is 1. The minimum atomic E-state index is -0.557. The van der Waals surface area contributed by atoms with Gasteiger partial charge < -0.3 is 9.47 Å². The van der Waals surface area contributed by atoms with Gasteiger partial charge in [-0.05, 0) is 13.8 Å². The van der Waals surface area contributed by atoms with Crippen molar-refractivity contribution in [3.8, 4) is 17.1 Å². The topological polar surface area (TPSA) is 79.1 Å². The molecule has 0 saturated heterocycles. The maximum atomic E-state index is 12.2. The number of carbonyl (C=O) groups is 1. The van der Waals surface area contributed by atoms with E-state index in [4.69, 9.17) is 9.47 Å². The van der Waals surface area contributed by atoms with Crippen LogP contribution in [0.25, 0.3) is 22.4 Å². The fourth-order valence-electron chi connectivity index (χ4n) is 2.40. The molecule has 7 nitrogen and oxygen atoms in total. The highest BCUT2D eigenvalue weighted by Crippen LogP contribution is 2.28. The maximum absolute atomic E-state index is 12.2. The van der Waals surface area contributed by atoms with Gasteiger partial charge in [0.05, 0.1) is 13.2 Å². The number of rotatable bonds is 5. The van der Waals surface area contributed by atoms with E-state index in [1.807, 2.05) is 37.3 Å². The number of hydrogen-bond acceptors (Lipinski definition) is 6. The number of hydrogen-bond donors (Lipinski definition) is 0. The maximum Gasteiger partial charge on any atom is 0.362 e. The van der Waals surface area contributed by atoms with E-state index in [0.717, 1.165) is 5.56 Å². The first-order chi connectivity index (χ1) is 11.7. The van der Waals surface area contributed by atoms with E-state index < -0.39 is 5.97 Å². The molecule has 24 heavy (non-hydrogen) atoms. The summed E-state index contributed by atoms with van der Waals surface area (Å²) in [4.78, 5) is 21.1. The normalized spacial score (nSPS) is 10.8. The Hall–Kier alpha value is -2.96. The van der Waals surface area contributed by atoms with Gasteiger partial charge in [-0.2, -0.15) is 10.1 Å². The number of fused-ring (bicyclic) bond motifs is 1. The van der Waals surface area contributed by atoms with Crippen LogP contribution >= 0.6 is 0 Å². The molecule has 0 saturated carbocycles. The van der Waals surface area contributed by atoms with E-state index in [2.05, 4.69) is 15.1 Å². The third-order valence-electron chi connectivity index (χ3n) is 3.42. The van der Waals surface area contributed by atoms with Crippen LogP contribution < -0.4 is 4.74 Å². The molecule has 124 valence electrons. The Balaban J connectivity index is 2.23. The average Bonchev–Trinajstić information content (AvgIpc) is 2.92. The fraction of sp³-hybridized carbons (Fsp3) is 0.294. The molecule has 0 unspecified atom stereocenters. The van der Waals surface area contributed by atoms with E-state index in [-0.39, 0.29) is 18.2 Å². The average molecular weight is 326 g/mol. The van der Waals surface area contributed by atoms with Gasteiger partial charge in [0.2, 0.25) is 11.6 Å². The molecule has 1 aromatic carbocycles. The Morgan fingerprint density at radius 1 is 1.12 bits per heavy atom. The van der Waals surface area contributed by atoms with Gasteiger partial charge in [0.25, 0.3) is 0 Å². The van der Waals surface area contributed by atoms with Gasteiger partial charge in [0.15, 0.2) is 5.65 Å². The van der Waals surface area contributed by atoms with Crippen LogP contribution in [0.4, 0.5) is 0 Å². The van der Waals surface area contributed by atoms with Crippen LogP contribution in [0.15, 0.2) is 30.3 Å². The zero-order valence-electron chi connectivity index (χ0n) is 13.8. The second-order valence-electron chi connectivity index (χ2n) is 5.04. The van der Waals surface area contributed by atoms with Crippen molar-refractivity contribution < 1.29 is 14.3 Å². The van der Waals surface area contributed by atoms with Crippen molar-refractivity contribution in [3.05, 3.63) is 36.0 Å². The van der Waals surface area contributed by atoms with Crippen molar-refractivity contribution in [1.82, 2.24) is 19.7 Å². The Bertz CT molecular complexity index is 874. The van der Waals surface area contributed by atoms with Crippen LogP contribution in [-0.2, 0) is 11.8 Å². The molecule has 0 atom stereocenters. The summed E-state index contributed by atoms with van der Waals surface area (Å²) in [5.74, 6) is -0.399. The Morgan fingerprint density at radius 3 is 2.54 bits per heavy atom. The molecule has 0 radical (unpaired) electrons. The van der Waals surface area contributed by atoms with Crippen LogP contribution in [0.5, 0.6) is 5.88 Å². The molecule has 0 N–H and O–H groups in total.